The Hall–Kier alpha value is -2.05. The van der Waals surface area contributed by atoms with Gasteiger partial charge in [0, 0.05) is 11.7 Å². The van der Waals surface area contributed by atoms with Gasteiger partial charge in [0.05, 0.1) is 4.90 Å². The summed E-state index contributed by atoms with van der Waals surface area (Å²) < 4.78 is 32.1. The summed E-state index contributed by atoms with van der Waals surface area (Å²) in [4.78, 5) is 0.209. The molecule has 6 heteroatoms. The van der Waals surface area contributed by atoms with E-state index in [9.17, 15) is 8.42 Å². The molecule has 0 saturated carbocycles. The summed E-state index contributed by atoms with van der Waals surface area (Å²) in [5.74, 6) is 1.20. The van der Waals surface area contributed by atoms with E-state index in [1.807, 2.05) is 0 Å². The molecule has 0 bridgehead atoms. The molecule has 0 spiro atoms. The van der Waals surface area contributed by atoms with Crippen LogP contribution in [0.4, 0.5) is 5.69 Å². The summed E-state index contributed by atoms with van der Waals surface area (Å²) >= 11 is 0. The highest BCUT2D eigenvalue weighted by Gasteiger charge is 2.15. The first-order chi connectivity index (χ1) is 9.87. The monoisotopic (exact) mass is 306 g/mol. The minimum absolute atomic E-state index is 0.152. The van der Waals surface area contributed by atoms with Crippen molar-refractivity contribution in [3.05, 3.63) is 48.5 Å². The van der Waals surface area contributed by atoms with E-state index in [4.69, 9.17) is 10.5 Å². The predicted octanol–water partition coefficient (Wildman–Crippen LogP) is 2.75. The van der Waals surface area contributed by atoms with E-state index in [1.165, 1.54) is 12.1 Å². The number of anilines is 1. The van der Waals surface area contributed by atoms with Crippen molar-refractivity contribution in [1.29, 1.82) is 0 Å². The molecule has 0 fully saturated rings. The van der Waals surface area contributed by atoms with Crippen LogP contribution in [0.25, 0.3) is 0 Å². The Morgan fingerprint density at radius 3 is 1.90 bits per heavy atom. The topological polar surface area (TPSA) is 81.4 Å². The van der Waals surface area contributed by atoms with Gasteiger partial charge in [0.25, 0.3) is 0 Å². The van der Waals surface area contributed by atoms with Crippen molar-refractivity contribution in [3.63, 3.8) is 0 Å². The number of nitrogens with one attached hydrogen (secondary N) is 1. The first kappa shape index (κ1) is 15.3. The smallest absolute Gasteiger partial charge is 0.240 e. The summed E-state index contributed by atoms with van der Waals surface area (Å²) in [5, 5.41) is 0. The zero-order valence-electron chi connectivity index (χ0n) is 11.9. The fourth-order valence-corrected chi connectivity index (χ4v) is 2.99. The standard InChI is InChI=1S/C15H18N2O3S/c1-11(2)17-21(18,19)15-9-7-14(8-10-15)20-13-5-3-12(16)4-6-13/h3-11,17H,16H2,1-2H3. The second-order valence-electron chi connectivity index (χ2n) is 4.92. The van der Waals surface area contributed by atoms with Gasteiger partial charge in [-0.15, -0.1) is 0 Å². The average molecular weight is 306 g/mol. The maximum absolute atomic E-state index is 12.0. The summed E-state index contributed by atoms with van der Waals surface area (Å²) in [7, 11) is -3.48. The van der Waals surface area contributed by atoms with Gasteiger partial charge < -0.3 is 10.5 Å². The van der Waals surface area contributed by atoms with Gasteiger partial charge in [0.1, 0.15) is 11.5 Å². The van der Waals surface area contributed by atoms with Crippen LogP contribution in [0.5, 0.6) is 11.5 Å². The van der Waals surface area contributed by atoms with Gasteiger partial charge in [-0.3, -0.25) is 0 Å². The number of rotatable bonds is 5. The molecule has 112 valence electrons. The lowest BCUT2D eigenvalue weighted by atomic mass is 10.3. The maximum atomic E-state index is 12.0. The second kappa shape index (κ2) is 6.15. The van der Waals surface area contributed by atoms with Crippen LogP contribution in [0.3, 0.4) is 0 Å². The largest absolute Gasteiger partial charge is 0.457 e. The van der Waals surface area contributed by atoms with E-state index in [2.05, 4.69) is 4.72 Å². The van der Waals surface area contributed by atoms with E-state index >= 15 is 0 Å². The Labute approximate surface area is 124 Å². The minimum Gasteiger partial charge on any atom is -0.457 e. The number of hydrogen-bond acceptors (Lipinski definition) is 4. The molecule has 0 radical (unpaired) electrons. The molecule has 0 aromatic heterocycles. The van der Waals surface area contributed by atoms with E-state index < -0.39 is 10.0 Å². The van der Waals surface area contributed by atoms with Crippen molar-refractivity contribution in [2.45, 2.75) is 24.8 Å². The van der Waals surface area contributed by atoms with Crippen molar-refractivity contribution in [2.24, 2.45) is 0 Å². The van der Waals surface area contributed by atoms with E-state index in [1.54, 1.807) is 50.2 Å². The molecule has 5 nitrogen and oxygen atoms in total. The molecule has 0 amide bonds. The fraction of sp³-hybridized carbons (Fsp3) is 0.200. The minimum atomic E-state index is -3.48. The van der Waals surface area contributed by atoms with Gasteiger partial charge in [-0.25, -0.2) is 13.1 Å². The number of benzene rings is 2. The molecule has 0 aliphatic carbocycles. The van der Waals surface area contributed by atoms with Crippen LogP contribution in [0, 0.1) is 0 Å². The Morgan fingerprint density at radius 1 is 0.952 bits per heavy atom. The third-order valence-corrected chi connectivity index (χ3v) is 4.32. The predicted molar refractivity (Wildman–Crippen MR) is 82.8 cm³/mol. The molecule has 0 heterocycles. The number of hydrogen-bond donors (Lipinski definition) is 2. The quantitative estimate of drug-likeness (QED) is 0.832. The Balaban J connectivity index is 2.14. The average Bonchev–Trinajstić information content (AvgIpc) is 2.41. The van der Waals surface area contributed by atoms with Crippen LogP contribution in [0.1, 0.15) is 13.8 Å². The summed E-state index contributed by atoms with van der Waals surface area (Å²) in [6, 6.07) is 13.1. The lowest BCUT2D eigenvalue weighted by molar-refractivity contribution is 0.482. The van der Waals surface area contributed by atoms with Crippen molar-refractivity contribution < 1.29 is 13.2 Å². The third-order valence-electron chi connectivity index (χ3n) is 2.64. The highest BCUT2D eigenvalue weighted by atomic mass is 32.2. The fourth-order valence-electron chi connectivity index (χ4n) is 1.74. The number of nitrogens with two attached hydrogens (primary N) is 1. The molecule has 0 aliphatic heterocycles. The number of sulfonamides is 1. The molecule has 2 rings (SSSR count). The summed E-state index contributed by atoms with van der Waals surface area (Å²) in [6.07, 6.45) is 0. The van der Waals surface area contributed by atoms with Crippen LogP contribution in [0.15, 0.2) is 53.4 Å². The maximum Gasteiger partial charge on any atom is 0.240 e. The molecule has 0 aliphatic rings. The van der Waals surface area contributed by atoms with Gasteiger partial charge in [0.15, 0.2) is 0 Å². The van der Waals surface area contributed by atoms with Gasteiger partial charge >= 0.3 is 0 Å². The molecular formula is C15H18N2O3S. The molecule has 2 aromatic rings. The lowest BCUT2D eigenvalue weighted by Gasteiger charge is -2.10. The Kier molecular flexibility index (Phi) is 4.50. The van der Waals surface area contributed by atoms with Crippen LogP contribution in [-0.4, -0.2) is 14.5 Å². The van der Waals surface area contributed by atoms with Gasteiger partial charge in [-0.2, -0.15) is 0 Å². The zero-order valence-corrected chi connectivity index (χ0v) is 12.7. The third kappa shape index (κ3) is 4.21. The molecule has 21 heavy (non-hydrogen) atoms. The molecule has 0 unspecified atom stereocenters. The van der Waals surface area contributed by atoms with Crippen molar-refractivity contribution >= 4 is 15.7 Å². The Morgan fingerprint density at radius 2 is 1.43 bits per heavy atom. The number of nitrogen functional groups attached to an aromatic ring is 1. The van der Waals surface area contributed by atoms with Crippen molar-refractivity contribution in [2.75, 3.05) is 5.73 Å². The SMILES string of the molecule is CC(C)NS(=O)(=O)c1ccc(Oc2ccc(N)cc2)cc1. The van der Waals surface area contributed by atoms with Crippen LogP contribution >= 0.6 is 0 Å². The molecule has 3 N–H and O–H groups in total. The van der Waals surface area contributed by atoms with Gasteiger partial charge in [-0.1, -0.05) is 0 Å². The van der Waals surface area contributed by atoms with Crippen LogP contribution in [-0.2, 0) is 10.0 Å². The molecule has 0 atom stereocenters. The highest BCUT2D eigenvalue weighted by molar-refractivity contribution is 7.89. The van der Waals surface area contributed by atoms with E-state index in [-0.39, 0.29) is 10.9 Å². The summed E-state index contributed by atoms with van der Waals surface area (Å²) in [6.45, 7) is 3.55. The van der Waals surface area contributed by atoms with Crippen molar-refractivity contribution in [3.8, 4) is 11.5 Å². The first-order valence-corrected chi connectivity index (χ1v) is 8.01. The van der Waals surface area contributed by atoms with Crippen LogP contribution in [0.2, 0.25) is 0 Å². The molecule has 0 saturated heterocycles. The molecular weight excluding hydrogens is 288 g/mol. The first-order valence-electron chi connectivity index (χ1n) is 6.52. The van der Waals surface area contributed by atoms with Crippen LogP contribution < -0.4 is 15.2 Å². The van der Waals surface area contributed by atoms with E-state index in [0.717, 1.165) is 0 Å². The Bertz CT molecular complexity index is 693. The van der Waals surface area contributed by atoms with Crippen molar-refractivity contribution in [1.82, 2.24) is 4.72 Å². The zero-order chi connectivity index (χ0) is 15.5. The normalized spacial score (nSPS) is 11.6. The molecule has 2 aromatic carbocycles. The van der Waals surface area contributed by atoms with E-state index in [0.29, 0.717) is 17.2 Å². The second-order valence-corrected chi connectivity index (χ2v) is 6.63. The van der Waals surface area contributed by atoms with Gasteiger partial charge in [-0.05, 0) is 62.4 Å². The lowest BCUT2D eigenvalue weighted by Crippen LogP contribution is -2.30. The highest BCUT2D eigenvalue weighted by Crippen LogP contribution is 2.23. The number of ether oxygens (including phenoxy) is 1. The van der Waals surface area contributed by atoms with Gasteiger partial charge in [0.2, 0.25) is 10.0 Å². The summed E-state index contributed by atoms with van der Waals surface area (Å²) in [5.41, 5.74) is 6.25.